The summed E-state index contributed by atoms with van der Waals surface area (Å²) in [6.45, 7) is 1.91. The van der Waals surface area contributed by atoms with E-state index in [0.717, 1.165) is 18.9 Å². The van der Waals surface area contributed by atoms with Crippen LogP contribution in [-0.2, 0) is 10.0 Å². The van der Waals surface area contributed by atoms with Crippen molar-refractivity contribution >= 4 is 39.1 Å². The minimum atomic E-state index is -4.04. The van der Waals surface area contributed by atoms with E-state index in [2.05, 4.69) is 5.32 Å². The van der Waals surface area contributed by atoms with Crippen molar-refractivity contribution in [1.82, 2.24) is 5.32 Å². The average molecular weight is 323 g/mol. The highest BCUT2D eigenvalue weighted by atomic mass is 35.5. The number of primary sulfonamides is 1. The molecule has 0 aromatic heterocycles. The average Bonchev–Trinajstić information content (AvgIpc) is 2.98. The van der Waals surface area contributed by atoms with Crippen molar-refractivity contribution in [3.63, 3.8) is 0 Å². The standard InChI is InChI=1S/C11H12Cl2N2O3S/c1-11(2-3-11)15-10(16)6-4-7(12)9(13)8(5-6)19(14,17)18/h4-5H,2-3H2,1H3,(H,15,16)(H2,14,17,18). The Labute approximate surface area is 121 Å². The summed E-state index contributed by atoms with van der Waals surface area (Å²) in [5.41, 5.74) is -0.100. The SMILES string of the molecule is CC1(NC(=O)c2cc(Cl)c(Cl)c(S(N)(=O)=O)c2)CC1. The summed E-state index contributed by atoms with van der Waals surface area (Å²) in [5.74, 6) is -0.400. The van der Waals surface area contributed by atoms with Gasteiger partial charge in [0.1, 0.15) is 4.90 Å². The van der Waals surface area contributed by atoms with Crippen LogP contribution in [0.5, 0.6) is 0 Å². The van der Waals surface area contributed by atoms with E-state index in [9.17, 15) is 13.2 Å². The van der Waals surface area contributed by atoms with Gasteiger partial charge in [0.15, 0.2) is 0 Å². The molecular formula is C11H12Cl2N2O3S. The van der Waals surface area contributed by atoms with Crippen LogP contribution in [0.3, 0.4) is 0 Å². The molecule has 0 aliphatic heterocycles. The van der Waals surface area contributed by atoms with Crippen LogP contribution in [0.2, 0.25) is 10.0 Å². The number of benzene rings is 1. The van der Waals surface area contributed by atoms with Gasteiger partial charge >= 0.3 is 0 Å². The zero-order valence-corrected chi connectivity index (χ0v) is 12.4. The quantitative estimate of drug-likeness (QED) is 0.890. The van der Waals surface area contributed by atoms with E-state index in [1.807, 2.05) is 6.92 Å². The predicted molar refractivity (Wildman–Crippen MR) is 72.9 cm³/mol. The van der Waals surface area contributed by atoms with Gasteiger partial charge in [-0.1, -0.05) is 23.2 Å². The van der Waals surface area contributed by atoms with Crippen LogP contribution in [-0.4, -0.2) is 19.9 Å². The molecule has 0 radical (unpaired) electrons. The number of carbonyl (C=O) groups excluding carboxylic acids is 1. The van der Waals surface area contributed by atoms with E-state index < -0.39 is 15.9 Å². The van der Waals surface area contributed by atoms with Gasteiger partial charge in [0.2, 0.25) is 10.0 Å². The van der Waals surface area contributed by atoms with Gasteiger partial charge in [0.25, 0.3) is 5.91 Å². The van der Waals surface area contributed by atoms with E-state index in [1.54, 1.807) is 0 Å². The second-order valence-corrected chi connectivity index (χ2v) is 7.14. The minimum absolute atomic E-state index is 0.0284. The molecule has 5 nitrogen and oxygen atoms in total. The lowest BCUT2D eigenvalue weighted by atomic mass is 10.2. The summed E-state index contributed by atoms with van der Waals surface area (Å²) in [5, 5.41) is 7.62. The van der Waals surface area contributed by atoms with E-state index in [0.29, 0.717) is 0 Å². The molecule has 2 rings (SSSR count). The van der Waals surface area contributed by atoms with Crippen LogP contribution in [0.25, 0.3) is 0 Å². The molecule has 19 heavy (non-hydrogen) atoms. The van der Waals surface area contributed by atoms with E-state index >= 15 is 0 Å². The Balaban J connectivity index is 2.42. The number of amides is 1. The fourth-order valence-electron chi connectivity index (χ4n) is 1.56. The second-order valence-electron chi connectivity index (χ2n) is 4.83. The summed E-state index contributed by atoms with van der Waals surface area (Å²) in [6.07, 6.45) is 1.78. The third kappa shape index (κ3) is 3.20. The molecule has 1 amide bonds. The van der Waals surface area contributed by atoms with Crippen molar-refractivity contribution in [2.24, 2.45) is 5.14 Å². The fourth-order valence-corrected chi connectivity index (χ4v) is 2.92. The molecule has 1 aliphatic rings. The maximum absolute atomic E-state index is 12.0. The van der Waals surface area contributed by atoms with E-state index in [-0.39, 0.29) is 26.0 Å². The molecular weight excluding hydrogens is 311 g/mol. The second kappa shape index (κ2) is 4.63. The molecule has 0 bridgehead atoms. The van der Waals surface area contributed by atoms with Gasteiger partial charge in [-0.2, -0.15) is 0 Å². The van der Waals surface area contributed by atoms with Crippen molar-refractivity contribution in [3.8, 4) is 0 Å². The van der Waals surface area contributed by atoms with Crippen LogP contribution in [0, 0.1) is 0 Å². The first-order valence-corrected chi connectivity index (χ1v) is 7.77. The number of rotatable bonds is 3. The van der Waals surface area contributed by atoms with Crippen LogP contribution < -0.4 is 10.5 Å². The summed E-state index contributed by atoms with van der Waals surface area (Å²) in [6, 6.07) is 2.45. The lowest BCUT2D eigenvalue weighted by molar-refractivity contribution is 0.0935. The van der Waals surface area contributed by atoms with Gasteiger partial charge in [-0.3, -0.25) is 4.79 Å². The van der Waals surface area contributed by atoms with Gasteiger partial charge < -0.3 is 5.32 Å². The van der Waals surface area contributed by atoms with Crippen molar-refractivity contribution < 1.29 is 13.2 Å². The summed E-state index contributed by atoms with van der Waals surface area (Å²) >= 11 is 11.6. The molecule has 1 aromatic carbocycles. The number of nitrogens with two attached hydrogens (primary N) is 1. The van der Waals surface area contributed by atoms with Gasteiger partial charge in [0, 0.05) is 11.1 Å². The first-order valence-electron chi connectivity index (χ1n) is 5.47. The highest BCUT2D eigenvalue weighted by Gasteiger charge is 2.39. The van der Waals surface area contributed by atoms with Crippen LogP contribution in [0.4, 0.5) is 0 Å². The Morgan fingerprint density at radius 1 is 1.37 bits per heavy atom. The van der Waals surface area contributed by atoms with Gasteiger partial charge in [-0.25, -0.2) is 13.6 Å². The summed E-state index contributed by atoms with van der Waals surface area (Å²) in [4.78, 5) is 11.6. The summed E-state index contributed by atoms with van der Waals surface area (Å²) in [7, 11) is -4.04. The van der Waals surface area contributed by atoms with Crippen LogP contribution in [0.15, 0.2) is 17.0 Å². The zero-order chi connectivity index (χ0) is 14.4. The first kappa shape index (κ1) is 14.6. The Morgan fingerprint density at radius 3 is 2.42 bits per heavy atom. The molecule has 1 fully saturated rings. The van der Waals surface area contributed by atoms with Gasteiger partial charge in [-0.05, 0) is 31.9 Å². The number of halogens is 2. The molecule has 1 aliphatic carbocycles. The number of hydrogen-bond acceptors (Lipinski definition) is 3. The Kier molecular flexibility index (Phi) is 3.55. The Hall–Kier alpha value is -0.820. The molecule has 1 aromatic rings. The number of hydrogen-bond donors (Lipinski definition) is 2. The molecule has 104 valence electrons. The molecule has 0 atom stereocenters. The normalized spacial score (nSPS) is 17.1. The molecule has 0 unspecified atom stereocenters. The smallest absolute Gasteiger partial charge is 0.251 e. The lowest BCUT2D eigenvalue weighted by Crippen LogP contribution is -2.34. The van der Waals surface area contributed by atoms with Crippen molar-refractivity contribution in [3.05, 3.63) is 27.7 Å². The molecule has 0 heterocycles. The van der Waals surface area contributed by atoms with E-state index in [1.165, 1.54) is 6.07 Å². The van der Waals surface area contributed by atoms with Crippen molar-refractivity contribution in [1.29, 1.82) is 0 Å². The monoisotopic (exact) mass is 322 g/mol. The zero-order valence-electron chi connectivity index (χ0n) is 10.0. The van der Waals surface area contributed by atoms with Crippen molar-refractivity contribution in [2.45, 2.75) is 30.2 Å². The van der Waals surface area contributed by atoms with E-state index in [4.69, 9.17) is 28.3 Å². The molecule has 8 heteroatoms. The largest absolute Gasteiger partial charge is 0.347 e. The highest BCUT2D eigenvalue weighted by molar-refractivity contribution is 7.89. The number of sulfonamides is 1. The highest BCUT2D eigenvalue weighted by Crippen LogP contribution is 2.35. The molecule has 3 N–H and O–H groups in total. The topological polar surface area (TPSA) is 89.3 Å². The van der Waals surface area contributed by atoms with Crippen molar-refractivity contribution in [2.75, 3.05) is 0 Å². The number of carbonyl (C=O) groups is 1. The Morgan fingerprint density at radius 2 is 1.95 bits per heavy atom. The van der Waals surface area contributed by atoms with Gasteiger partial charge in [-0.15, -0.1) is 0 Å². The minimum Gasteiger partial charge on any atom is -0.347 e. The summed E-state index contributed by atoms with van der Waals surface area (Å²) < 4.78 is 22.8. The number of nitrogens with one attached hydrogen (secondary N) is 1. The Bertz CT molecular complexity index is 654. The fraction of sp³-hybridized carbons (Fsp3) is 0.364. The van der Waals surface area contributed by atoms with Crippen LogP contribution >= 0.6 is 23.2 Å². The third-order valence-corrected chi connectivity index (χ3v) is 4.83. The maximum Gasteiger partial charge on any atom is 0.251 e. The molecule has 0 spiro atoms. The predicted octanol–water partition coefficient (Wildman–Crippen LogP) is 1.92. The third-order valence-electron chi connectivity index (χ3n) is 2.98. The molecule has 1 saturated carbocycles. The molecule has 0 saturated heterocycles. The first-order chi connectivity index (χ1) is 8.62. The van der Waals surface area contributed by atoms with Crippen LogP contribution in [0.1, 0.15) is 30.1 Å². The van der Waals surface area contributed by atoms with Gasteiger partial charge in [0.05, 0.1) is 10.0 Å². The maximum atomic E-state index is 12.0. The lowest BCUT2D eigenvalue weighted by Gasteiger charge is -2.13.